The maximum absolute atomic E-state index is 13.7. The monoisotopic (exact) mass is 314 g/mol. The van der Waals surface area contributed by atoms with E-state index in [1.165, 1.54) is 36.4 Å². The number of carbonyl (C=O) groups is 2. The number of rotatable bonds is 4. The fourth-order valence-corrected chi connectivity index (χ4v) is 2.14. The summed E-state index contributed by atoms with van der Waals surface area (Å²) in [4.78, 5) is 22.7. The van der Waals surface area contributed by atoms with E-state index in [1.54, 1.807) is 12.1 Å². The van der Waals surface area contributed by atoms with Crippen LogP contribution in [0, 0.1) is 5.82 Å². The minimum absolute atomic E-state index is 0.000449. The van der Waals surface area contributed by atoms with Crippen molar-refractivity contribution in [3.63, 3.8) is 0 Å². The third kappa shape index (κ3) is 3.06. The van der Waals surface area contributed by atoms with Gasteiger partial charge in [-0.05, 0) is 24.3 Å². The highest BCUT2D eigenvalue weighted by Crippen LogP contribution is 2.35. The van der Waals surface area contributed by atoms with Gasteiger partial charge >= 0.3 is 5.97 Å². The van der Waals surface area contributed by atoms with E-state index >= 15 is 0 Å². The van der Waals surface area contributed by atoms with Crippen LogP contribution in [0.1, 0.15) is 15.9 Å². The molecule has 3 rings (SSSR count). The van der Waals surface area contributed by atoms with Gasteiger partial charge in [0, 0.05) is 11.6 Å². The van der Waals surface area contributed by atoms with Crippen LogP contribution in [-0.2, 0) is 4.79 Å². The molecule has 1 heterocycles. The summed E-state index contributed by atoms with van der Waals surface area (Å²) in [6.45, 7) is -0.495. The third-order valence-corrected chi connectivity index (χ3v) is 3.20. The number of carboxylic acid groups (broad SMARTS) is 1. The lowest BCUT2D eigenvalue weighted by atomic mass is 10.1. The van der Waals surface area contributed by atoms with Gasteiger partial charge in [-0.15, -0.1) is 0 Å². The average molecular weight is 314 g/mol. The smallest absolute Gasteiger partial charge is 0.341 e. The van der Waals surface area contributed by atoms with Crippen molar-refractivity contribution in [2.45, 2.75) is 0 Å². The Balaban J connectivity index is 1.87. The van der Waals surface area contributed by atoms with E-state index < -0.39 is 18.4 Å². The molecule has 5 nitrogen and oxygen atoms in total. The zero-order valence-corrected chi connectivity index (χ0v) is 11.8. The SMILES string of the molecule is O=C(O)COc1ccc2c(c1)O/C(=C\c1ccccc1F)C2=O. The van der Waals surface area contributed by atoms with Crippen LogP contribution in [-0.4, -0.2) is 23.5 Å². The van der Waals surface area contributed by atoms with Crippen molar-refractivity contribution in [2.24, 2.45) is 0 Å². The number of benzene rings is 2. The van der Waals surface area contributed by atoms with Gasteiger partial charge in [0.15, 0.2) is 12.4 Å². The van der Waals surface area contributed by atoms with Gasteiger partial charge in [0.05, 0.1) is 5.56 Å². The Morgan fingerprint density at radius 3 is 2.78 bits per heavy atom. The van der Waals surface area contributed by atoms with Gasteiger partial charge in [0.1, 0.15) is 17.3 Å². The van der Waals surface area contributed by atoms with Gasteiger partial charge < -0.3 is 14.6 Å². The summed E-state index contributed by atoms with van der Waals surface area (Å²) < 4.78 is 24.1. The molecular formula is C17H11FO5. The van der Waals surface area contributed by atoms with Crippen LogP contribution >= 0.6 is 0 Å². The van der Waals surface area contributed by atoms with Crippen molar-refractivity contribution < 1.29 is 28.6 Å². The largest absolute Gasteiger partial charge is 0.482 e. The predicted molar refractivity (Wildman–Crippen MR) is 78.9 cm³/mol. The maximum atomic E-state index is 13.7. The first-order valence-electron chi connectivity index (χ1n) is 6.72. The number of carbonyl (C=O) groups excluding carboxylic acids is 1. The van der Waals surface area contributed by atoms with Crippen molar-refractivity contribution in [1.29, 1.82) is 0 Å². The Morgan fingerprint density at radius 2 is 2.04 bits per heavy atom. The number of hydrogen-bond donors (Lipinski definition) is 1. The molecule has 1 aliphatic rings. The van der Waals surface area contributed by atoms with Crippen LogP contribution in [0.15, 0.2) is 48.2 Å². The second kappa shape index (κ2) is 5.92. The highest BCUT2D eigenvalue weighted by Gasteiger charge is 2.28. The van der Waals surface area contributed by atoms with Crippen LogP contribution in [0.2, 0.25) is 0 Å². The van der Waals surface area contributed by atoms with Gasteiger partial charge in [-0.2, -0.15) is 0 Å². The van der Waals surface area contributed by atoms with E-state index in [0.29, 0.717) is 5.56 Å². The summed E-state index contributed by atoms with van der Waals surface area (Å²) in [6.07, 6.45) is 1.33. The van der Waals surface area contributed by atoms with Gasteiger partial charge in [0.25, 0.3) is 0 Å². The van der Waals surface area contributed by atoms with Crippen molar-refractivity contribution in [3.8, 4) is 11.5 Å². The van der Waals surface area contributed by atoms with Crippen LogP contribution < -0.4 is 9.47 Å². The normalized spacial score (nSPS) is 14.5. The number of hydrogen-bond acceptors (Lipinski definition) is 4. The van der Waals surface area contributed by atoms with Gasteiger partial charge in [-0.1, -0.05) is 18.2 Å². The molecule has 116 valence electrons. The Morgan fingerprint density at radius 1 is 1.26 bits per heavy atom. The highest BCUT2D eigenvalue weighted by atomic mass is 19.1. The van der Waals surface area contributed by atoms with E-state index in [0.717, 1.165) is 0 Å². The molecule has 23 heavy (non-hydrogen) atoms. The Labute approximate surface area is 130 Å². The highest BCUT2D eigenvalue weighted by molar-refractivity contribution is 6.14. The van der Waals surface area contributed by atoms with E-state index in [1.807, 2.05) is 0 Å². The molecule has 2 aromatic rings. The fourth-order valence-electron chi connectivity index (χ4n) is 2.14. The van der Waals surface area contributed by atoms with E-state index in [4.69, 9.17) is 14.6 Å². The topological polar surface area (TPSA) is 72.8 Å². The number of Topliss-reactive ketones (excluding diaryl/α,β-unsaturated/α-hetero) is 1. The Hall–Kier alpha value is -3.15. The lowest BCUT2D eigenvalue weighted by molar-refractivity contribution is -0.139. The first-order valence-corrected chi connectivity index (χ1v) is 6.72. The summed E-state index contributed by atoms with van der Waals surface area (Å²) in [5.41, 5.74) is 0.557. The molecule has 2 aromatic carbocycles. The molecule has 0 aliphatic carbocycles. The van der Waals surface area contributed by atoms with E-state index in [9.17, 15) is 14.0 Å². The van der Waals surface area contributed by atoms with Crippen LogP contribution in [0.5, 0.6) is 11.5 Å². The number of ether oxygens (including phenoxy) is 2. The standard InChI is InChI=1S/C17H11FO5/c18-13-4-2-1-3-10(13)7-15-17(21)12-6-5-11(8-14(12)23-15)22-9-16(19)20/h1-8H,9H2,(H,19,20)/b15-7-. The van der Waals surface area contributed by atoms with E-state index in [-0.39, 0.29) is 28.6 Å². The molecule has 0 radical (unpaired) electrons. The molecule has 6 heteroatoms. The van der Waals surface area contributed by atoms with Gasteiger partial charge in [-0.25, -0.2) is 9.18 Å². The molecule has 1 aliphatic heterocycles. The van der Waals surface area contributed by atoms with Crippen LogP contribution in [0.3, 0.4) is 0 Å². The number of ketones is 1. The molecule has 0 amide bonds. The second-order valence-corrected chi connectivity index (χ2v) is 4.80. The molecule has 0 unspecified atom stereocenters. The fraction of sp³-hybridized carbons (Fsp3) is 0.0588. The summed E-state index contributed by atoms with van der Waals surface area (Å²) in [5, 5.41) is 8.59. The molecular weight excluding hydrogens is 303 g/mol. The van der Waals surface area contributed by atoms with Crippen LogP contribution in [0.25, 0.3) is 6.08 Å². The second-order valence-electron chi connectivity index (χ2n) is 4.80. The molecule has 0 atom stereocenters. The number of halogens is 1. The van der Waals surface area contributed by atoms with Gasteiger partial charge in [-0.3, -0.25) is 4.79 Å². The number of fused-ring (bicyclic) bond motifs is 1. The Kier molecular flexibility index (Phi) is 3.80. The minimum atomic E-state index is -1.11. The lowest BCUT2D eigenvalue weighted by Crippen LogP contribution is -2.09. The third-order valence-electron chi connectivity index (χ3n) is 3.20. The lowest BCUT2D eigenvalue weighted by Gasteiger charge is -2.04. The quantitative estimate of drug-likeness (QED) is 0.879. The van der Waals surface area contributed by atoms with E-state index in [2.05, 4.69) is 0 Å². The van der Waals surface area contributed by atoms with Crippen molar-refractivity contribution in [1.82, 2.24) is 0 Å². The predicted octanol–water partition coefficient (Wildman–Crippen LogP) is 2.91. The number of allylic oxidation sites excluding steroid dienone is 1. The number of aliphatic carboxylic acids is 1. The molecule has 0 bridgehead atoms. The summed E-state index contributed by atoms with van der Waals surface area (Å²) in [7, 11) is 0. The minimum Gasteiger partial charge on any atom is -0.482 e. The first-order chi connectivity index (χ1) is 11.0. The zero-order valence-electron chi connectivity index (χ0n) is 11.8. The first kappa shape index (κ1) is 14.8. The summed E-state index contributed by atoms with van der Waals surface area (Å²) >= 11 is 0. The summed E-state index contributed by atoms with van der Waals surface area (Å²) in [6, 6.07) is 10.4. The molecule has 0 fully saturated rings. The molecule has 0 saturated heterocycles. The molecule has 1 N–H and O–H groups in total. The van der Waals surface area contributed by atoms with Crippen molar-refractivity contribution in [2.75, 3.05) is 6.61 Å². The maximum Gasteiger partial charge on any atom is 0.341 e. The molecule has 0 saturated carbocycles. The van der Waals surface area contributed by atoms with Crippen molar-refractivity contribution >= 4 is 17.8 Å². The van der Waals surface area contributed by atoms with Crippen LogP contribution in [0.4, 0.5) is 4.39 Å². The Bertz CT molecular complexity index is 825. The van der Waals surface area contributed by atoms with Gasteiger partial charge in [0.2, 0.25) is 5.78 Å². The molecule has 0 spiro atoms. The zero-order chi connectivity index (χ0) is 16.4. The number of carboxylic acids is 1. The summed E-state index contributed by atoms with van der Waals surface area (Å²) in [5.74, 6) is -1.42. The average Bonchev–Trinajstić information content (AvgIpc) is 2.83. The molecule has 0 aromatic heterocycles. The van der Waals surface area contributed by atoms with Crippen molar-refractivity contribution in [3.05, 3.63) is 65.2 Å².